The second kappa shape index (κ2) is 5.82. The first-order chi connectivity index (χ1) is 9.26. The Morgan fingerprint density at radius 3 is 2.55 bits per heavy atom. The number of likely N-dealkylation sites (tertiary alicyclic amines) is 1. The first-order valence-electron chi connectivity index (χ1n) is 7.70. The molecule has 0 unspecified atom stereocenters. The first-order valence-corrected chi connectivity index (χ1v) is 7.70. The molecule has 1 saturated heterocycles. The predicted octanol–water partition coefficient (Wildman–Crippen LogP) is 3.34. The van der Waals surface area contributed by atoms with Crippen molar-refractivity contribution in [2.24, 2.45) is 0 Å². The fourth-order valence-electron chi connectivity index (χ4n) is 2.67. The van der Waals surface area contributed by atoms with Crippen LogP contribution in [0.4, 0.5) is 0 Å². The standard InChI is InChI=1S/C17H29N3/c1-16(2,3)19-12-14-7-8-15(18-11-14)13-20-10-6-9-17(20,4)5/h7-8,11,19H,6,9-10,12-13H2,1-5H3. The minimum absolute atomic E-state index is 0.151. The maximum atomic E-state index is 4.63. The Labute approximate surface area is 123 Å². The molecule has 112 valence electrons. The van der Waals surface area contributed by atoms with E-state index in [9.17, 15) is 0 Å². The van der Waals surface area contributed by atoms with Crippen molar-refractivity contribution < 1.29 is 0 Å². The highest BCUT2D eigenvalue weighted by atomic mass is 15.2. The number of hydrogen-bond acceptors (Lipinski definition) is 3. The quantitative estimate of drug-likeness (QED) is 0.913. The Morgan fingerprint density at radius 1 is 1.30 bits per heavy atom. The van der Waals surface area contributed by atoms with E-state index < -0.39 is 0 Å². The van der Waals surface area contributed by atoms with Crippen LogP contribution in [0.3, 0.4) is 0 Å². The second-order valence-electron chi connectivity index (χ2n) is 7.60. The van der Waals surface area contributed by atoms with Crippen molar-refractivity contribution in [3.8, 4) is 0 Å². The highest BCUT2D eigenvalue weighted by Gasteiger charge is 2.31. The lowest BCUT2D eigenvalue weighted by Crippen LogP contribution is -2.37. The van der Waals surface area contributed by atoms with E-state index in [1.54, 1.807) is 0 Å². The van der Waals surface area contributed by atoms with Gasteiger partial charge in [-0.05, 0) is 65.6 Å². The molecule has 0 atom stereocenters. The molecule has 0 spiro atoms. The summed E-state index contributed by atoms with van der Waals surface area (Å²) >= 11 is 0. The molecule has 2 rings (SSSR count). The minimum Gasteiger partial charge on any atom is -0.308 e. The molecule has 20 heavy (non-hydrogen) atoms. The summed E-state index contributed by atoms with van der Waals surface area (Å²) in [6, 6.07) is 4.37. The van der Waals surface area contributed by atoms with Gasteiger partial charge in [-0.1, -0.05) is 6.07 Å². The summed E-state index contributed by atoms with van der Waals surface area (Å²) in [5.74, 6) is 0. The number of hydrogen-bond donors (Lipinski definition) is 1. The Morgan fingerprint density at radius 2 is 2.05 bits per heavy atom. The lowest BCUT2D eigenvalue weighted by molar-refractivity contribution is 0.164. The van der Waals surface area contributed by atoms with Crippen molar-refractivity contribution in [1.29, 1.82) is 0 Å². The van der Waals surface area contributed by atoms with Crippen molar-refractivity contribution in [2.45, 2.75) is 71.6 Å². The molecule has 0 amide bonds. The topological polar surface area (TPSA) is 28.2 Å². The lowest BCUT2D eigenvalue weighted by atomic mass is 10.0. The van der Waals surface area contributed by atoms with Gasteiger partial charge in [-0.25, -0.2) is 0 Å². The van der Waals surface area contributed by atoms with Gasteiger partial charge in [-0.15, -0.1) is 0 Å². The van der Waals surface area contributed by atoms with Crippen LogP contribution in [-0.2, 0) is 13.1 Å². The minimum atomic E-state index is 0.151. The number of nitrogens with zero attached hydrogens (tertiary/aromatic N) is 2. The van der Waals surface area contributed by atoms with Crippen molar-refractivity contribution in [3.05, 3.63) is 29.6 Å². The maximum Gasteiger partial charge on any atom is 0.0544 e. The van der Waals surface area contributed by atoms with Gasteiger partial charge in [-0.2, -0.15) is 0 Å². The molecule has 0 bridgehead atoms. The predicted molar refractivity (Wildman–Crippen MR) is 84.6 cm³/mol. The Hall–Kier alpha value is -0.930. The van der Waals surface area contributed by atoms with Crippen molar-refractivity contribution >= 4 is 0 Å². The largest absolute Gasteiger partial charge is 0.308 e. The third-order valence-corrected chi connectivity index (χ3v) is 4.13. The summed E-state index contributed by atoms with van der Waals surface area (Å²) in [5, 5.41) is 3.49. The van der Waals surface area contributed by atoms with Crippen LogP contribution < -0.4 is 5.32 Å². The molecule has 0 aliphatic carbocycles. The summed E-state index contributed by atoms with van der Waals surface area (Å²) in [4.78, 5) is 7.17. The van der Waals surface area contributed by atoms with Crippen molar-refractivity contribution in [3.63, 3.8) is 0 Å². The molecule has 2 heterocycles. The van der Waals surface area contributed by atoms with Gasteiger partial charge in [0.2, 0.25) is 0 Å². The summed E-state index contributed by atoms with van der Waals surface area (Å²) < 4.78 is 0. The van der Waals surface area contributed by atoms with Crippen molar-refractivity contribution in [1.82, 2.24) is 15.2 Å². The Balaban J connectivity index is 1.92. The summed E-state index contributed by atoms with van der Waals surface area (Å²) in [7, 11) is 0. The molecule has 1 N–H and O–H groups in total. The number of nitrogens with one attached hydrogen (secondary N) is 1. The van der Waals surface area contributed by atoms with Gasteiger partial charge in [-0.3, -0.25) is 9.88 Å². The smallest absolute Gasteiger partial charge is 0.0544 e. The number of rotatable bonds is 4. The van der Waals surface area contributed by atoms with Crippen LogP contribution in [0.15, 0.2) is 18.3 Å². The zero-order chi connectivity index (χ0) is 14.8. The molecule has 0 saturated carbocycles. The third kappa shape index (κ3) is 4.29. The summed E-state index contributed by atoms with van der Waals surface area (Å²) in [6.45, 7) is 14.3. The van der Waals surface area contributed by atoms with Crippen LogP contribution in [0, 0.1) is 0 Å². The fraction of sp³-hybridized carbons (Fsp3) is 0.706. The monoisotopic (exact) mass is 275 g/mol. The first kappa shape index (κ1) is 15.5. The van der Waals surface area contributed by atoms with E-state index in [-0.39, 0.29) is 5.54 Å². The molecule has 1 aromatic rings. The molecular weight excluding hydrogens is 246 g/mol. The zero-order valence-corrected chi connectivity index (χ0v) is 13.7. The van der Waals surface area contributed by atoms with E-state index in [1.807, 2.05) is 6.20 Å². The molecular formula is C17H29N3. The molecule has 0 aromatic carbocycles. The molecule has 0 radical (unpaired) electrons. The van der Waals surface area contributed by atoms with Gasteiger partial charge in [0.15, 0.2) is 0 Å². The number of aromatic nitrogens is 1. The van der Waals surface area contributed by atoms with Gasteiger partial charge in [0.1, 0.15) is 0 Å². The van der Waals surface area contributed by atoms with Gasteiger partial charge in [0.05, 0.1) is 5.69 Å². The molecule has 1 fully saturated rings. The fourth-order valence-corrected chi connectivity index (χ4v) is 2.67. The van der Waals surface area contributed by atoms with Crippen LogP contribution in [0.25, 0.3) is 0 Å². The summed E-state index contributed by atoms with van der Waals surface area (Å²) in [5.41, 5.74) is 2.91. The van der Waals surface area contributed by atoms with Crippen LogP contribution >= 0.6 is 0 Å². The maximum absolute atomic E-state index is 4.63. The summed E-state index contributed by atoms with van der Waals surface area (Å²) in [6.07, 6.45) is 4.61. The molecule has 1 aromatic heterocycles. The van der Waals surface area contributed by atoms with E-state index >= 15 is 0 Å². The average molecular weight is 275 g/mol. The van der Waals surface area contributed by atoms with Gasteiger partial charge >= 0.3 is 0 Å². The van der Waals surface area contributed by atoms with Crippen molar-refractivity contribution in [2.75, 3.05) is 6.54 Å². The van der Waals surface area contributed by atoms with E-state index in [1.165, 1.54) is 30.6 Å². The average Bonchev–Trinajstić information content (AvgIpc) is 2.67. The number of pyridine rings is 1. The SMILES string of the molecule is CC(C)(C)NCc1ccc(CN2CCCC2(C)C)nc1. The van der Waals surface area contributed by atoms with Gasteiger partial charge in [0, 0.05) is 30.4 Å². The lowest BCUT2D eigenvalue weighted by Gasteiger charge is -2.31. The molecule has 1 aliphatic rings. The van der Waals surface area contributed by atoms with E-state index in [0.717, 1.165) is 13.1 Å². The van der Waals surface area contributed by atoms with E-state index in [2.05, 4.69) is 62.0 Å². The van der Waals surface area contributed by atoms with Crippen LogP contribution in [0.1, 0.15) is 58.7 Å². The van der Waals surface area contributed by atoms with Gasteiger partial charge < -0.3 is 5.32 Å². The Bertz CT molecular complexity index is 429. The van der Waals surface area contributed by atoms with E-state index in [4.69, 9.17) is 0 Å². The normalized spacial score (nSPS) is 19.4. The highest BCUT2D eigenvalue weighted by Crippen LogP contribution is 2.29. The van der Waals surface area contributed by atoms with E-state index in [0.29, 0.717) is 5.54 Å². The highest BCUT2D eigenvalue weighted by molar-refractivity contribution is 5.14. The van der Waals surface area contributed by atoms with Gasteiger partial charge in [0.25, 0.3) is 0 Å². The zero-order valence-electron chi connectivity index (χ0n) is 13.7. The van der Waals surface area contributed by atoms with Crippen LogP contribution in [0.5, 0.6) is 0 Å². The molecule has 3 heteroatoms. The molecule has 3 nitrogen and oxygen atoms in total. The van der Waals surface area contributed by atoms with Crippen LogP contribution in [-0.4, -0.2) is 27.5 Å². The second-order valence-corrected chi connectivity index (χ2v) is 7.60. The Kier molecular flexibility index (Phi) is 4.50. The molecule has 1 aliphatic heterocycles. The van der Waals surface area contributed by atoms with Crippen LogP contribution in [0.2, 0.25) is 0 Å². The third-order valence-electron chi connectivity index (χ3n) is 4.13.